The summed E-state index contributed by atoms with van der Waals surface area (Å²) < 4.78 is 0. The predicted molar refractivity (Wildman–Crippen MR) is 172 cm³/mol. The standard InChI is InChI=1S/C7H14.2C6H12.C5H10.C3H8.4C2H6/c1-7(2)5-3-4-6-7;1-6(2)4-3-5-6;1-2-4-6-5-3-1;1-5(2)3-4-5;1-3-2;4*1-2/h3-6H2,1-2H3;3-5H2,1-2H3;1-6H2;3-4H2,1-2H3;3H2,1-2H3;4*1-2H3. The molecule has 4 aliphatic rings. The molecule has 4 saturated carbocycles. The van der Waals surface area contributed by atoms with Gasteiger partial charge in [0.25, 0.3) is 0 Å². The zero-order valence-corrected chi connectivity index (χ0v) is 28.8. The molecule has 0 aliphatic heterocycles. The first-order valence-electron chi connectivity index (χ1n) is 16.5. The highest BCUT2D eigenvalue weighted by atomic mass is 14.4. The van der Waals surface area contributed by atoms with E-state index in [-0.39, 0.29) is 0 Å². The van der Waals surface area contributed by atoms with Crippen LogP contribution in [0.2, 0.25) is 0 Å². The highest BCUT2D eigenvalue weighted by Gasteiger charge is 2.30. The SMILES string of the molecule is C1CCCCC1.CC.CC.CC.CC.CC1(C)CC1.CC1(C)CCC1.CC1(C)CCCC1.CCC. The Kier molecular flexibility index (Phi) is 41.1. The minimum Gasteiger partial charge on any atom is -0.0683 e. The normalized spacial score (nSPS) is 20.2. The largest absolute Gasteiger partial charge is 0.0683 e. The molecule has 0 radical (unpaired) electrons. The van der Waals surface area contributed by atoms with Gasteiger partial charge in [0.1, 0.15) is 0 Å². The molecule has 0 aromatic heterocycles. The quantitative estimate of drug-likeness (QED) is 0.310. The van der Waals surface area contributed by atoms with Crippen molar-refractivity contribution in [3.8, 4) is 0 Å². The molecule has 0 aromatic rings. The number of hydrogen-bond donors (Lipinski definition) is 0. The number of hydrogen-bond acceptors (Lipinski definition) is 0. The van der Waals surface area contributed by atoms with Crippen molar-refractivity contribution in [3.63, 3.8) is 0 Å². The second kappa shape index (κ2) is 32.0. The molecule has 0 unspecified atom stereocenters. The summed E-state index contributed by atoms with van der Waals surface area (Å²) in [5.41, 5.74) is 2.17. The van der Waals surface area contributed by atoms with Crippen LogP contribution in [-0.2, 0) is 0 Å². The van der Waals surface area contributed by atoms with Gasteiger partial charge in [-0.3, -0.25) is 0 Å². The lowest BCUT2D eigenvalue weighted by Crippen LogP contribution is -2.20. The Hall–Kier alpha value is 0. The molecular weight excluding hydrogens is 420 g/mol. The molecule has 0 spiro atoms. The van der Waals surface area contributed by atoms with E-state index in [2.05, 4.69) is 55.4 Å². The summed E-state index contributed by atoms with van der Waals surface area (Å²) in [6, 6.07) is 0. The van der Waals surface area contributed by atoms with E-state index in [4.69, 9.17) is 0 Å². The lowest BCUT2D eigenvalue weighted by molar-refractivity contribution is 0.190. The van der Waals surface area contributed by atoms with Gasteiger partial charge in [-0.25, -0.2) is 0 Å². The van der Waals surface area contributed by atoms with E-state index in [0.717, 1.165) is 10.8 Å². The monoisotopic (exact) mass is 501 g/mol. The van der Waals surface area contributed by atoms with Crippen molar-refractivity contribution in [2.75, 3.05) is 0 Å². The fourth-order valence-electron chi connectivity index (χ4n) is 3.53. The van der Waals surface area contributed by atoms with Crippen molar-refractivity contribution >= 4 is 0 Å². The fraction of sp³-hybridized carbons (Fsp3) is 1.00. The van der Waals surface area contributed by atoms with Crippen LogP contribution in [0, 0.1) is 16.2 Å². The molecule has 0 heterocycles. The average molecular weight is 501 g/mol. The minimum atomic E-state index is 0.694. The van der Waals surface area contributed by atoms with Gasteiger partial charge < -0.3 is 0 Å². The predicted octanol–water partition coefficient (Wildman–Crippen LogP) is 14.5. The van der Waals surface area contributed by atoms with E-state index < -0.39 is 0 Å². The summed E-state index contributed by atoms with van der Waals surface area (Å²) >= 11 is 0. The molecule has 35 heavy (non-hydrogen) atoms. The van der Waals surface area contributed by atoms with E-state index in [1.165, 1.54) is 103 Å². The van der Waals surface area contributed by atoms with Gasteiger partial charge in [-0.1, -0.05) is 175 Å². The molecule has 0 saturated heterocycles. The maximum absolute atomic E-state index is 2.36. The molecular formula is C35H80. The first-order valence-corrected chi connectivity index (χ1v) is 16.5. The fourth-order valence-corrected chi connectivity index (χ4v) is 3.53. The Morgan fingerprint density at radius 1 is 0.314 bits per heavy atom. The molecule has 0 bridgehead atoms. The third-order valence-electron chi connectivity index (χ3n) is 6.41. The molecule has 4 rings (SSSR count). The van der Waals surface area contributed by atoms with Crippen LogP contribution in [0.3, 0.4) is 0 Å². The van der Waals surface area contributed by atoms with Crippen molar-refractivity contribution in [2.45, 2.75) is 214 Å². The van der Waals surface area contributed by atoms with Crippen molar-refractivity contribution in [3.05, 3.63) is 0 Å². The minimum absolute atomic E-state index is 0.694. The first kappa shape index (κ1) is 45.0. The molecule has 4 aliphatic carbocycles. The summed E-state index contributed by atoms with van der Waals surface area (Å²) in [4.78, 5) is 0. The lowest BCUT2D eigenvalue weighted by atomic mass is 9.72. The molecule has 0 nitrogen and oxygen atoms in total. The maximum atomic E-state index is 2.36. The van der Waals surface area contributed by atoms with Gasteiger partial charge in [-0.15, -0.1) is 0 Å². The third kappa shape index (κ3) is 44.4. The Labute approximate surface area is 229 Å². The van der Waals surface area contributed by atoms with Crippen LogP contribution >= 0.6 is 0 Å². The highest BCUT2D eigenvalue weighted by Crippen LogP contribution is 2.43. The Morgan fingerprint density at radius 3 is 0.514 bits per heavy atom. The van der Waals surface area contributed by atoms with E-state index >= 15 is 0 Å². The zero-order valence-electron chi connectivity index (χ0n) is 28.8. The second-order valence-corrected chi connectivity index (χ2v) is 11.9. The number of rotatable bonds is 0. The molecule has 0 amide bonds. The van der Waals surface area contributed by atoms with Crippen LogP contribution in [-0.4, -0.2) is 0 Å². The van der Waals surface area contributed by atoms with Crippen molar-refractivity contribution in [1.29, 1.82) is 0 Å². The van der Waals surface area contributed by atoms with Crippen molar-refractivity contribution in [1.82, 2.24) is 0 Å². The van der Waals surface area contributed by atoms with E-state index in [0.29, 0.717) is 5.41 Å². The summed E-state index contributed by atoms with van der Waals surface area (Å²) in [6.45, 7) is 34.2. The zero-order chi connectivity index (χ0) is 28.8. The summed E-state index contributed by atoms with van der Waals surface area (Å²) in [5, 5.41) is 0. The van der Waals surface area contributed by atoms with Gasteiger partial charge in [0.15, 0.2) is 0 Å². The van der Waals surface area contributed by atoms with Crippen LogP contribution in [0.25, 0.3) is 0 Å². The third-order valence-corrected chi connectivity index (χ3v) is 6.41. The van der Waals surface area contributed by atoms with Gasteiger partial charge in [-0.2, -0.15) is 0 Å². The van der Waals surface area contributed by atoms with Gasteiger partial charge in [-0.05, 0) is 54.8 Å². The van der Waals surface area contributed by atoms with Crippen LogP contribution < -0.4 is 0 Å². The molecule has 0 atom stereocenters. The highest BCUT2D eigenvalue weighted by molar-refractivity contribution is 4.82. The molecule has 4 fully saturated rings. The van der Waals surface area contributed by atoms with Crippen LogP contribution in [0.15, 0.2) is 0 Å². The van der Waals surface area contributed by atoms with Gasteiger partial charge in [0.2, 0.25) is 0 Å². The molecule has 0 N–H and O–H groups in total. The Bertz CT molecular complexity index is 298. The van der Waals surface area contributed by atoms with E-state index in [1.807, 2.05) is 55.4 Å². The lowest BCUT2D eigenvalue weighted by Gasteiger charge is -2.33. The van der Waals surface area contributed by atoms with E-state index in [1.54, 1.807) is 0 Å². The summed E-state index contributed by atoms with van der Waals surface area (Å²) in [5.74, 6) is 0. The van der Waals surface area contributed by atoms with Crippen molar-refractivity contribution in [2.24, 2.45) is 16.2 Å². The van der Waals surface area contributed by atoms with Gasteiger partial charge in [0, 0.05) is 0 Å². The van der Waals surface area contributed by atoms with Gasteiger partial charge in [0.05, 0.1) is 0 Å². The summed E-state index contributed by atoms with van der Waals surface area (Å²) in [6.07, 6.45) is 23.4. The topological polar surface area (TPSA) is 0 Å². The van der Waals surface area contributed by atoms with Gasteiger partial charge >= 0.3 is 0 Å². The average Bonchev–Trinajstić information content (AvgIpc) is 3.42. The second-order valence-electron chi connectivity index (χ2n) is 11.9. The van der Waals surface area contributed by atoms with Crippen molar-refractivity contribution < 1.29 is 0 Å². The Morgan fingerprint density at radius 2 is 0.457 bits per heavy atom. The Balaban J connectivity index is -0.000000101. The maximum Gasteiger partial charge on any atom is -0.0354 e. The van der Waals surface area contributed by atoms with Crippen LogP contribution in [0.5, 0.6) is 0 Å². The van der Waals surface area contributed by atoms with E-state index in [9.17, 15) is 0 Å². The van der Waals surface area contributed by atoms with Crippen LogP contribution in [0.1, 0.15) is 214 Å². The van der Waals surface area contributed by atoms with Crippen LogP contribution in [0.4, 0.5) is 0 Å². The molecule has 0 heteroatoms. The molecule has 0 aromatic carbocycles. The molecule has 220 valence electrons. The smallest absolute Gasteiger partial charge is 0.0354 e. The summed E-state index contributed by atoms with van der Waals surface area (Å²) in [7, 11) is 0. The first-order chi connectivity index (χ1) is 16.5.